The Balaban J connectivity index is 2.10. The predicted octanol–water partition coefficient (Wildman–Crippen LogP) is 2.63. The Kier molecular flexibility index (Phi) is 4.83. The van der Waals surface area contributed by atoms with Crippen molar-refractivity contribution >= 4 is 5.69 Å². The summed E-state index contributed by atoms with van der Waals surface area (Å²) in [5.74, 6) is 0. The van der Waals surface area contributed by atoms with Crippen LogP contribution in [0.2, 0.25) is 0 Å². The molecule has 19 heavy (non-hydrogen) atoms. The van der Waals surface area contributed by atoms with Crippen LogP contribution in [-0.2, 0) is 0 Å². The second-order valence-electron chi connectivity index (χ2n) is 5.62. The molecule has 1 aliphatic rings. The zero-order valence-corrected chi connectivity index (χ0v) is 12.5. The van der Waals surface area contributed by atoms with E-state index in [1.807, 2.05) is 0 Å². The average Bonchev–Trinajstić information content (AvgIpc) is 2.46. The molecule has 1 saturated heterocycles. The Morgan fingerprint density at radius 1 is 1.32 bits per heavy atom. The number of benzene rings is 1. The van der Waals surface area contributed by atoms with E-state index in [-0.39, 0.29) is 6.04 Å². The number of nitrogens with zero attached hydrogens (tertiary/aromatic N) is 2. The summed E-state index contributed by atoms with van der Waals surface area (Å²) < 4.78 is 0. The Morgan fingerprint density at radius 3 is 2.53 bits per heavy atom. The van der Waals surface area contributed by atoms with Crippen LogP contribution in [0.3, 0.4) is 0 Å². The first-order chi connectivity index (χ1) is 9.13. The number of para-hydroxylation sites is 1. The molecule has 3 heteroatoms. The summed E-state index contributed by atoms with van der Waals surface area (Å²) in [4.78, 5) is 4.97. The molecule has 2 N–H and O–H groups in total. The SMILES string of the molecule is CCN1CCC(N(C)c2ccccc2[C@H](C)N)CC1. The molecule has 2 rings (SSSR count). The third kappa shape index (κ3) is 3.28. The van der Waals surface area contributed by atoms with Crippen molar-refractivity contribution in [3.63, 3.8) is 0 Å². The van der Waals surface area contributed by atoms with Crippen LogP contribution in [0.4, 0.5) is 5.69 Å². The summed E-state index contributed by atoms with van der Waals surface area (Å²) in [5.41, 5.74) is 8.64. The van der Waals surface area contributed by atoms with Gasteiger partial charge in [0.15, 0.2) is 0 Å². The first-order valence-corrected chi connectivity index (χ1v) is 7.43. The fourth-order valence-corrected chi connectivity index (χ4v) is 3.01. The van der Waals surface area contributed by atoms with Gasteiger partial charge in [0.25, 0.3) is 0 Å². The molecule has 1 atom stereocenters. The molecule has 1 heterocycles. The van der Waals surface area contributed by atoms with Crippen molar-refractivity contribution in [3.05, 3.63) is 29.8 Å². The van der Waals surface area contributed by atoms with Crippen molar-refractivity contribution < 1.29 is 0 Å². The van der Waals surface area contributed by atoms with Gasteiger partial charge in [0.05, 0.1) is 0 Å². The minimum absolute atomic E-state index is 0.0920. The summed E-state index contributed by atoms with van der Waals surface area (Å²) in [7, 11) is 2.22. The molecule has 0 aromatic heterocycles. The molecule has 0 radical (unpaired) electrons. The highest BCUT2D eigenvalue weighted by molar-refractivity contribution is 5.55. The maximum atomic E-state index is 6.09. The smallest absolute Gasteiger partial charge is 0.0414 e. The van der Waals surface area contributed by atoms with Crippen molar-refractivity contribution in [3.8, 4) is 0 Å². The first-order valence-electron chi connectivity index (χ1n) is 7.43. The Hall–Kier alpha value is -1.06. The molecule has 1 aliphatic heterocycles. The van der Waals surface area contributed by atoms with Gasteiger partial charge in [-0.25, -0.2) is 0 Å². The third-order valence-electron chi connectivity index (χ3n) is 4.36. The number of anilines is 1. The number of piperidine rings is 1. The van der Waals surface area contributed by atoms with Gasteiger partial charge in [-0.3, -0.25) is 0 Å². The quantitative estimate of drug-likeness (QED) is 0.904. The van der Waals surface area contributed by atoms with Crippen LogP contribution in [0, 0.1) is 0 Å². The molecule has 0 spiro atoms. The van der Waals surface area contributed by atoms with Crippen LogP contribution in [0.1, 0.15) is 38.3 Å². The lowest BCUT2D eigenvalue weighted by Crippen LogP contribution is -2.43. The van der Waals surface area contributed by atoms with Gasteiger partial charge in [-0.2, -0.15) is 0 Å². The van der Waals surface area contributed by atoms with Gasteiger partial charge >= 0.3 is 0 Å². The minimum Gasteiger partial charge on any atom is -0.371 e. The highest BCUT2D eigenvalue weighted by Crippen LogP contribution is 2.28. The van der Waals surface area contributed by atoms with Gasteiger partial charge < -0.3 is 15.5 Å². The van der Waals surface area contributed by atoms with Crippen LogP contribution in [0.25, 0.3) is 0 Å². The molecular weight excluding hydrogens is 234 g/mol. The number of likely N-dealkylation sites (tertiary alicyclic amines) is 1. The monoisotopic (exact) mass is 261 g/mol. The predicted molar refractivity (Wildman–Crippen MR) is 82.6 cm³/mol. The Labute approximate surface area is 117 Å². The van der Waals surface area contributed by atoms with Crippen molar-refractivity contribution in [2.75, 3.05) is 31.6 Å². The molecule has 0 saturated carbocycles. The molecule has 0 amide bonds. The van der Waals surface area contributed by atoms with Crippen molar-refractivity contribution in [1.82, 2.24) is 4.90 Å². The van der Waals surface area contributed by atoms with E-state index in [2.05, 4.69) is 55.0 Å². The standard InChI is InChI=1S/C16H27N3/c1-4-19-11-9-14(10-12-19)18(3)16-8-6-5-7-15(16)13(2)17/h5-8,13-14H,4,9-12,17H2,1-3H3/t13-/m0/s1. The van der Waals surface area contributed by atoms with Gasteiger partial charge in [-0.05, 0) is 37.9 Å². The topological polar surface area (TPSA) is 32.5 Å². The zero-order valence-electron chi connectivity index (χ0n) is 12.5. The lowest BCUT2D eigenvalue weighted by Gasteiger charge is -2.38. The van der Waals surface area contributed by atoms with Crippen LogP contribution < -0.4 is 10.6 Å². The first kappa shape index (κ1) is 14.4. The molecular formula is C16H27N3. The normalized spacial score (nSPS) is 19.4. The second kappa shape index (κ2) is 6.40. The van der Waals surface area contributed by atoms with Crippen molar-refractivity contribution in [2.24, 2.45) is 5.73 Å². The summed E-state index contributed by atoms with van der Waals surface area (Å²) in [5, 5.41) is 0. The van der Waals surface area contributed by atoms with E-state index in [0.717, 1.165) is 0 Å². The van der Waals surface area contributed by atoms with E-state index in [4.69, 9.17) is 5.73 Å². The van der Waals surface area contributed by atoms with E-state index in [1.54, 1.807) is 0 Å². The number of nitrogens with two attached hydrogens (primary N) is 1. The molecule has 0 unspecified atom stereocenters. The lowest BCUT2D eigenvalue weighted by molar-refractivity contribution is 0.220. The summed E-state index contributed by atoms with van der Waals surface area (Å²) in [6.07, 6.45) is 2.50. The van der Waals surface area contributed by atoms with Crippen LogP contribution in [0.5, 0.6) is 0 Å². The molecule has 106 valence electrons. The van der Waals surface area contributed by atoms with Gasteiger partial charge in [-0.15, -0.1) is 0 Å². The van der Waals surface area contributed by atoms with Gasteiger partial charge in [0.1, 0.15) is 0 Å². The summed E-state index contributed by atoms with van der Waals surface area (Å²) in [6, 6.07) is 9.27. The highest BCUT2D eigenvalue weighted by Gasteiger charge is 2.23. The number of hydrogen-bond donors (Lipinski definition) is 1. The Bertz CT molecular complexity index is 395. The van der Waals surface area contributed by atoms with Gasteiger partial charge in [-0.1, -0.05) is 25.1 Å². The van der Waals surface area contributed by atoms with E-state index < -0.39 is 0 Å². The lowest BCUT2D eigenvalue weighted by atomic mass is 10.00. The van der Waals surface area contributed by atoms with E-state index >= 15 is 0 Å². The highest BCUT2D eigenvalue weighted by atomic mass is 15.2. The molecule has 0 bridgehead atoms. The van der Waals surface area contributed by atoms with Crippen LogP contribution in [-0.4, -0.2) is 37.6 Å². The summed E-state index contributed by atoms with van der Waals surface area (Å²) in [6.45, 7) is 7.91. The average molecular weight is 261 g/mol. The largest absolute Gasteiger partial charge is 0.371 e. The van der Waals surface area contributed by atoms with E-state index in [9.17, 15) is 0 Å². The maximum Gasteiger partial charge on any atom is 0.0414 e. The Morgan fingerprint density at radius 2 is 1.95 bits per heavy atom. The molecule has 1 fully saturated rings. The number of hydrogen-bond acceptors (Lipinski definition) is 3. The molecule has 0 aliphatic carbocycles. The zero-order chi connectivity index (χ0) is 13.8. The van der Waals surface area contributed by atoms with Crippen LogP contribution >= 0.6 is 0 Å². The number of rotatable bonds is 4. The fraction of sp³-hybridized carbons (Fsp3) is 0.625. The fourth-order valence-electron chi connectivity index (χ4n) is 3.01. The second-order valence-corrected chi connectivity index (χ2v) is 5.62. The van der Waals surface area contributed by atoms with Crippen molar-refractivity contribution in [2.45, 2.75) is 38.8 Å². The van der Waals surface area contributed by atoms with E-state index in [0.29, 0.717) is 6.04 Å². The molecule has 1 aromatic rings. The maximum absolute atomic E-state index is 6.09. The summed E-state index contributed by atoms with van der Waals surface area (Å²) >= 11 is 0. The minimum atomic E-state index is 0.0920. The molecule has 1 aromatic carbocycles. The molecule has 3 nitrogen and oxygen atoms in total. The van der Waals surface area contributed by atoms with Crippen LogP contribution in [0.15, 0.2) is 24.3 Å². The van der Waals surface area contributed by atoms with Crippen molar-refractivity contribution in [1.29, 1.82) is 0 Å². The third-order valence-corrected chi connectivity index (χ3v) is 4.36. The van der Waals surface area contributed by atoms with E-state index in [1.165, 1.54) is 43.7 Å². The van der Waals surface area contributed by atoms with Gasteiger partial charge in [0, 0.05) is 37.9 Å². The van der Waals surface area contributed by atoms with Gasteiger partial charge in [0.2, 0.25) is 0 Å².